The average Bonchev–Trinajstić information content (AvgIpc) is 2.85. The number of rotatable bonds is 2. The van der Waals surface area contributed by atoms with Gasteiger partial charge in [-0.15, -0.1) is 23.7 Å². The van der Waals surface area contributed by atoms with E-state index in [4.69, 9.17) is 0 Å². The lowest BCUT2D eigenvalue weighted by atomic mass is 10.1. The molecule has 2 fully saturated rings. The van der Waals surface area contributed by atoms with Crippen LogP contribution >= 0.6 is 23.7 Å². The minimum absolute atomic E-state index is 0. The number of halogens is 1. The van der Waals surface area contributed by atoms with Gasteiger partial charge in [-0.05, 0) is 38.3 Å². The smallest absolute Gasteiger partial charge is 0.252 e. The van der Waals surface area contributed by atoms with E-state index in [-0.39, 0.29) is 12.4 Å². The summed E-state index contributed by atoms with van der Waals surface area (Å²) in [6.45, 7) is 3.21. The van der Waals surface area contributed by atoms with Crippen molar-refractivity contribution in [1.82, 2.24) is 9.62 Å². The van der Waals surface area contributed by atoms with E-state index >= 15 is 0 Å². The molecule has 0 saturated carbocycles. The Morgan fingerprint density at radius 3 is 2.68 bits per heavy atom. The molecule has 1 N–H and O–H groups in total. The molecule has 3 heterocycles. The first-order chi connectivity index (χ1) is 8.55. The van der Waals surface area contributed by atoms with Crippen molar-refractivity contribution in [3.05, 3.63) is 17.0 Å². The lowest BCUT2D eigenvalue weighted by molar-refractivity contribution is 0.384. The van der Waals surface area contributed by atoms with E-state index in [0.29, 0.717) is 29.4 Å². The molecule has 1 aromatic heterocycles. The third kappa shape index (κ3) is 2.97. The zero-order chi connectivity index (χ0) is 12.8. The fourth-order valence-corrected chi connectivity index (χ4v) is 5.75. The molecule has 0 amide bonds. The van der Waals surface area contributed by atoms with Crippen molar-refractivity contribution >= 4 is 33.8 Å². The number of hydrogen-bond acceptors (Lipinski definition) is 4. The van der Waals surface area contributed by atoms with E-state index < -0.39 is 10.0 Å². The Morgan fingerprint density at radius 1 is 1.26 bits per heavy atom. The second kappa shape index (κ2) is 5.69. The first-order valence-electron chi connectivity index (χ1n) is 6.38. The summed E-state index contributed by atoms with van der Waals surface area (Å²) in [7, 11) is -3.28. The summed E-state index contributed by atoms with van der Waals surface area (Å²) in [5, 5.41) is 3.51. The van der Waals surface area contributed by atoms with E-state index in [1.165, 1.54) is 17.8 Å². The van der Waals surface area contributed by atoms with E-state index in [0.717, 1.165) is 17.7 Å². The van der Waals surface area contributed by atoms with Gasteiger partial charge in [0.15, 0.2) is 0 Å². The highest BCUT2D eigenvalue weighted by Gasteiger charge is 2.35. The van der Waals surface area contributed by atoms with Crippen LogP contribution in [0.5, 0.6) is 0 Å². The van der Waals surface area contributed by atoms with Crippen LogP contribution in [0.4, 0.5) is 0 Å². The molecule has 0 aliphatic carbocycles. The van der Waals surface area contributed by atoms with Gasteiger partial charge in [-0.1, -0.05) is 0 Å². The average molecular weight is 323 g/mol. The molecule has 4 nitrogen and oxygen atoms in total. The Labute approximate surface area is 124 Å². The van der Waals surface area contributed by atoms with Gasteiger partial charge in [0.05, 0.1) is 0 Å². The molecule has 0 aromatic carbocycles. The normalized spacial score (nSPS) is 27.8. The van der Waals surface area contributed by atoms with E-state index in [1.807, 2.05) is 13.0 Å². The predicted molar refractivity (Wildman–Crippen MR) is 79.6 cm³/mol. The van der Waals surface area contributed by atoms with Crippen molar-refractivity contribution in [3.63, 3.8) is 0 Å². The standard InChI is InChI=1S/C12H18N2O2S2.ClH/c1-9-2-5-12(17-9)18(15,16)14-7-6-10-3-4-11(8-14)13-10;/h2,5,10-11,13H,3-4,6-8H2,1H3;1H. The fraction of sp³-hybridized carbons (Fsp3) is 0.667. The number of nitrogens with zero attached hydrogens (tertiary/aromatic N) is 1. The Balaban J connectivity index is 0.00000133. The van der Waals surface area contributed by atoms with Crippen LogP contribution in [0.2, 0.25) is 0 Å². The molecule has 2 bridgehead atoms. The SMILES string of the molecule is Cc1ccc(S(=O)(=O)N2CCC3CCC(C2)N3)s1.Cl. The number of fused-ring (bicyclic) bond motifs is 2. The zero-order valence-electron chi connectivity index (χ0n) is 10.8. The topological polar surface area (TPSA) is 49.4 Å². The minimum atomic E-state index is -3.28. The highest BCUT2D eigenvalue weighted by atomic mass is 35.5. The molecular weight excluding hydrogens is 304 g/mol. The molecule has 2 saturated heterocycles. The van der Waals surface area contributed by atoms with Gasteiger partial charge in [0.2, 0.25) is 0 Å². The van der Waals surface area contributed by atoms with Crippen molar-refractivity contribution in [1.29, 1.82) is 0 Å². The van der Waals surface area contributed by atoms with Crippen molar-refractivity contribution in [2.24, 2.45) is 0 Å². The molecule has 2 unspecified atom stereocenters. The first kappa shape index (κ1) is 15.3. The highest BCUT2D eigenvalue weighted by molar-refractivity contribution is 7.91. The molecule has 1 aromatic rings. The molecule has 108 valence electrons. The Hall–Kier alpha value is -0.140. The summed E-state index contributed by atoms with van der Waals surface area (Å²) in [5.74, 6) is 0. The van der Waals surface area contributed by atoms with Gasteiger partial charge in [0, 0.05) is 30.1 Å². The highest BCUT2D eigenvalue weighted by Crippen LogP contribution is 2.28. The van der Waals surface area contributed by atoms with Crippen LogP contribution in [0.1, 0.15) is 24.1 Å². The third-order valence-electron chi connectivity index (χ3n) is 3.80. The lowest BCUT2D eigenvalue weighted by Crippen LogP contribution is -2.38. The summed E-state index contributed by atoms with van der Waals surface area (Å²) in [5.41, 5.74) is 0. The third-order valence-corrected chi connectivity index (χ3v) is 7.13. The van der Waals surface area contributed by atoms with Crippen LogP contribution in [0.15, 0.2) is 16.3 Å². The quantitative estimate of drug-likeness (QED) is 0.906. The molecule has 7 heteroatoms. The second-order valence-electron chi connectivity index (χ2n) is 5.15. The molecule has 2 aliphatic heterocycles. The van der Waals surface area contributed by atoms with Crippen molar-refractivity contribution in [3.8, 4) is 0 Å². The van der Waals surface area contributed by atoms with Crippen molar-refractivity contribution in [2.45, 2.75) is 42.5 Å². The summed E-state index contributed by atoms with van der Waals surface area (Å²) in [6.07, 6.45) is 3.22. The summed E-state index contributed by atoms with van der Waals surface area (Å²) < 4.78 is 27.2. The Morgan fingerprint density at radius 2 is 2.00 bits per heavy atom. The van der Waals surface area contributed by atoms with Crippen molar-refractivity contribution < 1.29 is 8.42 Å². The van der Waals surface area contributed by atoms with Crippen LogP contribution in [-0.2, 0) is 10.0 Å². The maximum absolute atomic E-state index is 12.5. The minimum Gasteiger partial charge on any atom is -0.310 e. The second-order valence-corrected chi connectivity index (χ2v) is 8.61. The maximum Gasteiger partial charge on any atom is 0.252 e. The fourth-order valence-electron chi connectivity index (χ4n) is 2.81. The van der Waals surface area contributed by atoms with Crippen LogP contribution in [-0.4, -0.2) is 37.9 Å². The van der Waals surface area contributed by atoms with E-state index in [2.05, 4.69) is 5.32 Å². The molecule has 0 radical (unpaired) electrons. The van der Waals surface area contributed by atoms with Crippen LogP contribution in [0.25, 0.3) is 0 Å². The van der Waals surface area contributed by atoms with Crippen LogP contribution in [0, 0.1) is 6.92 Å². The predicted octanol–water partition coefficient (Wildman–Crippen LogP) is 1.99. The monoisotopic (exact) mass is 322 g/mol. The number of sulfonamides is 1. The molecule has 3 rings (SSSR count). The number of thiophene rings is 1. The van der Waals surface area contributed by atoms with Crippen molar-refractivity contribution in [2.75, 3.05) is 13.1 Å². The Bertz CT molecular complexity index is 544. The van der Waals surface area contributed by atoms with Gasteiger partial charge in [-0.2, -0.15) is 4.31 Å². The van der Waals surface area contributed by atoms with E-state index in [9.17, 15) is 8.42 Å². The molecule has 2 aliphatic rings. The van der Waals surface area contributed by atoms with Crippen LogP contribution in [0.3, 0.4) is 0 Å². The van der Waals surface area contributed by atoms with Gasteiger partial charge < -0.3 is 5.32 Å². The van der Waals surface area contributed by atoms with Gasteiger partial charge >= 0.3 is 0 Å². The summed E-state index contributed by atoms with van der Waals surface area (Å²) in [6, 6.07) is 4.46. The largest absolute Gasteiger partial charge is 0.310 e. The van der Waals surface area contributed by atoms with Gasteiger partial charge in [-0.3, -0.25) is 0 Å². The lowest BCUT2D eigenvalue weighted by Gasteiger charge is -2.22. The number of nitrogens with one attached hydrogen (secondary N) is 1. The van der Waals surface area contributed by atoms with Gasteiger partial charge in [-0.25, -0.2) is 8.42 Å². The number of hydrogen-bond donors (Lipinski definition) is 1. The molecular formula is C12H19ClN2O2S2. The zero-order valence-corrected chi connectivity index (χ0v) is 13.3. The molecule has 2 atom stereocenters. The molecule has 19 heavy (non-hydrogen) atoms. The molecule has 0 spiro atoms. The Kier molecular flexibility index (Phi) is 4.57. The summed E-state index contributed by atoms with van der Waals surface area (Å²) in [4.78, 5) is 1.04. The van der Waals surface area contributed by atoms with Crippen LogP contribution < -0.4 is 5.32 Å². The van der Waals surface area contributed by atoms with Gasteiger partial charge in [0.1, 0.15) is 4.21 Å². The van der Waals surface area contributed by atoms with E-state index in [1.54, 1.807) is 10.4 Å². The van der Waals surface area contributed by atoms with Gasteiger partial charge in [0.25, 0.3) is 10.0 Å². The summed E-state index contributed by atoms with van der Waals surface area (Å²) >= 11 is 1.37. The first-order valence-corrected chi connectivity index (χ1v) is 8.64. The number of aryl methyl sites for hydroxylation is 1. The maximum atomic E-state index is 12.5.